The van der Waals surface area contributed by atoms with Crippen LogP contribution in [0.2, 0.25) is 0 Å². The quantitative estimate of drug-likeness (QED) is 0.402. The first-order valence-electron chi connectivity index (χ1n) is 8.46. The fraction of sp³-hybridized carbons (Fsp3) is 0.562. The van der Waals surface area contributed by atoms with Gasteiger partial charge in [-0.2, -0.15) is 0 Å². The lowest BCUT2D eigenvalue weighted by Gasteiger charge is -2.26. The van der Waals surface area contributed by atoms with E-state index >= 15 is 0 Å². The molecule has 1 aromatic carbocycles. The molecule has 2 aromatic rings. The minimum absolute atomic E-state index is 0.285. The van der Waals surface area contributed by atoms with Crippen molar-refractivity contribution < 1.29 is 19.2 Å². The molecule has 1 aliphatic rings. The molecular formula is C16H25N5O3+2. The molecule has 24 heavy (non-hydrogen) atoms. The molecule has 8 nitrogen and oxygen atoms in total. The topological polar surface area (TPSA) is 87.4 Å². The normalized spacial score (nSPS) is 15.7. The van der Waals surface area contributed by atoms with E-state index < -0.39 is 0 Å². The third-order valence-corrected chi connectivity index (χ3v) is 4.36. The summed E-state index contributed by atoms with van der Waals surface area (Å²) in [6.07, 6.45) is 1.76. The average Bonchev–Trinajstić information content (AvgIpc) is 2.63. The molecule has 1 aliphatic heterocycles. The van der Waals surface area contributed by atoms with Crippen LogP contribution < -0.4 is 14.6 Å². The van der Waals surface area contributed by atoms with E-state index in [4.69, 9.17) is 4.74 Å². The van der Waals surface area contributed by atoms with Crippen LogP contribution in [0.1, 0.15) is 18.9 Å². The molecule has 0 atom stereocenters. The summed E-state index contributed by atoms with van der Waals surface area (Å²) in [5.74, 6) is 0.285. The molecule has 0 saturated carbocycles. The number of aromatic nitrogens is 3. The van der Waals surface area contributed by atoms with Crippen molar-refractivity contribution in [2.75, 3.05) is 44.7 Å². The number of morpholine rings is 1. The van der Waals surface area contributed by atoms with Crippen molar-refractivity contribution in [3.8, 4) is 0 Å². The Morgan fingerprint density at radius 1 is 1.33 bits per heavy atom. The highest BCUT2D eigenvalue weighted by Crippen LogP contribution is 2.10. The standard InChI is InChI=1S/C16H24N5O3/c1-2-13-4-5-14-15(12-13)20(22)16(18-21(14)23)17-6-3-7-19-8-10-24-11-9-19/h4-5,12,22H,2-3,6-11H2,1H3,(H,17,18,23)/q+1/p+1. The van der Waals surface area contributed by atoms with Crippen molar-refractivity contribution in [3.63, 3.8) is 0 Å². The summed E-state index contributed by atoms with van der Waals surface area (Å²) >= 11 is 0. The Balaban J connectivity index is 1.67. The van der Waals surface area contributed by atoms with Crippen LogP contribution in [0.4, 0.5) is 5.95 Å². The van der Waals surface area contributed by atoms with Crippen molar-refractivity contribution >= 4 is 17.0 Å². The monoisotopic (exact) mass is 335 g/mol. The van der Waals surface area contributed by atoms with Crippen LogP contribution in [0.3, 0.4) is 0 Å². The van der Waals surface area contributed by atoms with E-state index in [1.54, 1.807) is 6.07 Å². The summed E-state index contributed by atoms with van der Waals surface area (Å²) in [6, 6.07) is 5.43. The number of fused-ring (bicyclic) bond motifs is 1. The van der Waals surface area contributed by atoms with Gasteiger partial charge in [0.2, 0.25) is 10.1 Å². The number of nitrogens with zero attached hydrogens (tertiary/aromatic N) is 3. The van der Waals surface area contributed by atoms with Gasteiger partial charge in [-0.3, -0.25) is 10.2 Å². The number of aromatic amines is 1. The van der Waals surface area contributed by atoms with Crippen LogP contribution >= 0.6 is 0 Å². The lowest BCUT2D eigenvalue weighted by atomic mass is 10.1. The first kappa shape index (κ1) is 16.7. The van der Waals surface area contributed by atoms with Gasteiger partial charge in [-0.05, 0) is 29.2 Å². The van der Waals surface area contributed by atoms with E-state index in [-0.39, 0.29) is 5.95 Å². The Labute approximate surface area is 140 Å². The Kier molecular flexibility index (Phi) is 5.27. The van der Waals surface area contributed by atoms with Crippen LogP contribution in [-0.2, 0) is 11.2 Å². The molecule has 1 fully saturated rings. The van der Waals surface area contributed by atoms with Gasteiger partial charge < -0.3 is 9.94 Å². The second kappa shape index (κ2) is 7.59. The maximum Gasteiger partial charge on any atom is 0.449 e. The predicted molar refractivity (Wildman–Crippen MR) is 88.8 cm³/mol. The minimum Gasteiger partial charge on any atom is -0.379 e. The molecule has 3 rings (SSSR count). The van der Waals surface area contributed by atoms with Crippen molar-refractivity contribution in [2.45, 2.75) is 19.8 Å². The van der Waals surface area contributed by atoms with Gasteiger partial charge in [-0.1, -0.05) is 13.0 Å². The van der Waals surface area contributed by atoms with Crippen molar-refractivity contribution in [1.82, 2.24) is 10.00 Å². The van der Waals surface area contributed by atoms with Crippen LogP contribution in [0.25, 0.3) is 11.0 Å². The van der Waals surface area contributed by atoms with Crippen LogP contribution in [0.5, 0.6) is 0 Å². The van der Waals surface area contributed by atoms with E-state index in [9.17, 15) is 10.1 Å². The van der Waals surface area contributed by atoms with Gasteiger partial charge in [-0.15, -0.1) is 0 Å². The van der Waals surface area contributed by atoms with E-state index in [1.165, 1.54) is 0 Å². The fourth-order valence-corrected chi connectivity index (χ4v) is 2.90. The van der Waals surface area contributed by atoms with E-state index in [0.29, 0.717) is 22.1 Å². The molecule has 0 amide bonds. The first-order chi connectivity index (χ1) is 11.7. The Morgan fingerprint density at radius 3 is 2.88 bits per heavy atom. The lowest BCUT2D eigenvalue weighted by molar-refractivity contribution is -0.881. The van der Waals surface area contributed by atoms with Gasteiger partial charge in [0, 0.05) is 30.8 Å². The molecule has 2 heterocycles. The molecule has 0 aliphatic carbocycles. The number of hydrogen-bond acceptors (Lipinski definition) is 5. The SMILES string of the molecule is CCc1ccc2c(c1)[n+](O)c(NCCCN1CCOCC1)[nH][n+]2=O. The van der Waals surface area contributed by atoms with Crippen LogP contribution in [0, 0.1) is 4.91 Å². The number of hydrogen-bond donors (Lipinski definition) is 3. The van der Waals surface area contributed by atoms with Gasteiger partial charge >= 0.3 is 11.5 Å². The Morgan fingerprint density at radius 2 is 2.12 bits per heavy atom. The second-order valence-electron chi connectivity index (χ2n) is 5.98. The van der Waals surface area contributed by atoms with E-state index in [0.717, 1.165) is 56.0 Å². The highest BCUT2D eigenvalue weighted by molar-refractivity contribution is 5.68. The second-order valence-corrected chi connectivity index (χ2v) is 5.98. The average molecular weight is 335 g/mol. The lowest BCUT2D eigenvalue weighted by Crippen LogP contribution is -2.42. The van der Waals surface area contributed by atoms with Gasteiger partial charge in [0.1, 0.15) is 0 Å². The molecule has 130 valence electrons. The van der Waals surface area contributed by atoms with Gasteiger partial charge in [0.15, 0.2) is 0 Å². The number of anilines is 1. The molecule has 0 unspecified atom stereocenters. The largest absolute Gasteiger partial charge is 0.449 e. The summed E-state index contributed by atoms with van der Waals surface area (Å²) in [7, 11) is 0. The molecule has 8 heteroatoms. The summed E-state index contributed by atoms with van der Waals surface area (Å²) in [5, 5.41) is 16.1. The summed E-state index contributed by atoms with van der Waals surface area (Å²) < 4.78 is 7.01. The minimum atomic E-state index is 0.285. The molecule has 3 N–H and O–H groups in total. The van der Waals surface area contributed by atoms with Gasteiger partial charge in [0.05, 0.1) is 24.7 Å². The fourth-order valence-electron chi connectivity index (χ4n) is 2.90. The Hall–Kier alpha value is -2.19. The summed E-state index contributed by atoms with van der Waals surface area (Å²) in [5.41, 5.74) is 1.95. The number of benzene rings is 1. The molecule has 1 saturated heterocycles. The van der Waals surface area contributed by atoms with Crippen molar-refractivity contribution in [1.29, 1.82) is 0 Å². The maximum atomic E-state index is 12.1. The third-order valence-electron chi connectivity index (χ3n) is 4.36. The predicted octanol–water partition coefficient (Wildman–Crippen LogP) is 0.304. The molecule has 1 aromatic heterocycles. The highest BCUT2D eigenvalue weighted by atomic mass is 16.5. The van der Waals surface area contributed by atoms with Crippen LogP contribution in [0.15, 0.2) is 18.2 Å². The van der Waals surface area contributed by atoms with Crippen molar-refractivity contribution in [2.24, 2.45) is 0 Å². The van der Waals surface area contributed by atoms with E-state index in [1.807, 2.05) is 19.1 Å². The highest BCUT2D eigenvalue weighted by Gasteiger charge is 2.22. The zero-order chi connectivity index (χ0) is 16.9. The summed E-state index contributed by atoms with van der Waals surface area (Å²) in [6.45, 7) is 7.16. The first-order valence-corrected chi connectivity index (χ1v) is 8.46. The maximum absolute atomic E-state index is 12.1. The zero-order valence-electron chi connectivity index (χ0n) is 14.0. The molecule has 0 bridgehead atoms. The smallest absolute Gasteiger partial charge is 0.379 e. The zero-order valence-corrected chi connectivity index (χ0v) is 14.0. The molecule has 0 spiro atoms. The van der Waals surface area contributed by atoms with E-state index in [2.05, 4.69) is 15.3 Å². The summed E-state index contributed by atoms with van der Waals surface area (Å²) in [4.78, 5) is 14.5. The molecular weight excluding hydrogens is 310 g/mol. The Bertz CT molecular complexity index is 755. The number of rotatable bonds is 6. The number of nitrogens with one attached hydrogen (secondary N) is 2. The number of H-pyrrole nitrogens is 1. The van der Waals surface area contributed by atoms with Crippen LogP contribution in [-0.4, -0.2) is 54.6 Å². The number of aryl methyl sites for hydroxylation is 1. The van der Waals surface area contributed by atoms with Crippen molar-refractivity contribution in [3.05, 3.63) is 28.7 Å². The van der Waals surface area contributed by atoms with Gasteiger partial charge in [-0.25, -0.2) is 0 Å². The van der Waals surface area contributed by atoms with Gasteiger partial charge in [0.25, 0.3) is 0 Å². The number of ether oxygens (including phenoxy) is 1. The third kappa shape index (κ3) is 3.65. The molecule has 0 radical (unpaired) electrons.